The standard InChI is InChI=1S/C30H33ClF3N5O6/c1-17-13-38(27(42)43)21(14-45-17)18-3-5-19(6-4-18)39-23(31)11-20-24(39)35-16-37(25(20)40)15-29(44)7-9-36(10-8-29)26(41)28(2)12-22(28)30(32,33)34/h3-6,11,16-17,21-22,44H,7-10,12-15H2,1-2H3,(H,42,43)/t17-,21-,22-,28-/m0/s1. The lowest BCUT2D eigenvalue weighted by Gasteiger charge is -2.39. The molecule has 6 rings (SSSR count). The Labute approximate surface area is 260 Å². The number of benzene rings is 1. The van der Waals surface area contributed by atoms with Crippen LogP contribution in [0.25, 0.3) is 16.7 Å². The van der Waals surface area contributed by atoms with Gasteiger partial charge in [-0.05, 0) is 49.9 Å². The number of piperidine rings is 1. The molecule has 4 atom stereocenters. The lowest BCUT2D eigenvalue weighted by molar-refractivity contribution is -0.165. The first-order chi connectivity index (χ1) is 21.1. The van der Waals surface area contributed by atoms with Crippen molar-refractivity contribution in [3.05, 3.63) is 57.7 Å². The van der Waals surface area contributed by atoms with E-state index in [2.05, 4.69) is 4.98 Å². The van der Waals surface area contributed by atoms with Gasteiger partial charge in [0.1, 0.15) is 11.5 Å². The summed E-state index contributed by atoms with van der Waals surface area (Å²) in [5.74, 6) is -2.21. The van der Waals surface area contributed by atoms with Crippen molar-refractivity contribution in [1.29, 1.82) is 0 Å². The van der Waals surface area contributed by atoms with Crippen LogP contribution in [0, 0.1) is 11.3 Å². The first-order valence-corrected chi connectivity index (χ1v) is 15.1. The summed E-state index contributed by atoms with van der Waals surface area (Å²) in [5.41, 5.74) is -1.63. The lowest BCUT2D eigenvalue weighted by atomic mass is 9.90. The predicted molar refractivity (Wildman–Crippen MR) is 156 cm³/mol. The van der Waals surface area contributed by atoms with Crippen LogP contribution in [-0.2, 0) is 16.1 Å². The van der Waals surface area contributed by atoms with Crippen molar-refractivity contribution in [1.82, 2.24) is 23.9 Å². The van der Waals surface area contributed by atoms with Crippen molar-refractivity contribution in [2.75, 3.05) is 26.2 Å². The van der Waals surface area contributed by atoms with Crippen LogP contribution in [0.3, 0.4) is 0 Å². The van der Waals surface area contributed by atoms with Crippen LogP contribution in [-0.4, -0.2) is 90.3 Å². The molecule has 1 saturated carbocycles. The normalized spacial score (nSPS) is 26.7. The van der Waals surface area contributed by atoms with Crippen LogP contribution in [0.5, 0.6) is 0 Å². The topological polar surface area (TPSA) is 130 Å². The highest BCUT2D eigenvalue weighted by molar-refractivity contribution is 6.31. The SMILES string of the molecule is C[C@H]1CN(C(=O)O)[C@H](c2ccc(-n3c(Cl)cc4c(=O)n(CC5(O)CCN(C(=O)[C@@]6(C)C[C@@H]6C(F)(F)F)CC5)cnc43)cc2)CO1. The Hall–Kier alpha value is -3.62. The lowest BCUT2D eigenvalue weighted by Crippen LogP contribution is -2.51. The predicted octanol–water partition coefficient (Wildman–Crippen LogP) is 4.22. The number of alkyl halides is 3. The molecule has 2 aliphatic heterocycles. The monoisotopic (exact) mass is 651 g/mol. The first kappa shape index (κ1) is 31.4. The minimum absolute atomic E-state index is 0.0777. The van der Waals surface area contributed by atoms with Gasteiger partial charge in [0.05, 0.1) is 54.2 Å². The van der Waals surface area contributed by atoms with Crippen molar-refractivity contribution >= 4 is 34.6 Å². The number of carboxylic acid groups (broad SMARTS) is 1. The van der Waals surface area contributed by atoms with E-state index in [1.165, 1.54) is 33.7 Å². The molecule has 4 heterocycles. The van der Waals surface area contributed by atoms with Crippen LogP contribution in [0.2, 0.25) is 5.15 Å². The van der Waals surface area contributed by atoms with Crippen molar-refractivity contribution in [3.63, 3.8) is 0 Å². The summed E-state index contributed by atoms with van der Waals surface area (Å²) in [5, 5.41) is 21.4. The molecule has 0 bridgehead atoms. The number of halogens is 4. The summed E-state index contributed by atoms with van der Waals surface area (Å²) in [7, 11) is 0. The van der Waals surface area contributed by atoms with Crippen LogP contribution in [0.1, 0.15) is 44.7 Å². The Kier molecular flexibility index (Phi) is 7.68. The number of morpholine rings is 1. The van der Waals surface area contributed by atoms with Crippen molar-refractivity contribution in [3.8, 4) is 5.69 Å². The van der Waals surface area contributed by atoms with Gasteiger partial charge in [0.25, 0.3) is 5.56 Å². The molecule has 1 aliphatic carbocycles. The van der Waals surface area contributed by atoms with E-state index in [1.807, 2.05) is 6.92 Å². The molecular formula is C30H33ClF3N5O6. The van der Waals surface area contributed by atoms with E-state index in [1.54, 1.807) is 28.8 Å². The van der Waals surface area contributed by atoms with Crippen LogP contribution < -0.4 is 5.56 Å². The van der Waals surface area contributed by atoms with E-state index in [4.69, 9.17) is 16.3 Å². The number of likely N-dealkylation sites (tertiary alicyclic amines) is 1. The summed E-state index contributed by atoms with van der Waals surface area (Å²) < 4.78 is 48.0. The number of ether oxygens (including phenoxy) is 1. The maximum Gasteiger partial charge on any atom is 0.407 e. The Morgan fingerprint density at radius 3 is 2.44 bits per heavy atom. The Balaban J connectivity index is 1.17. The van der Waals surface area contributed by atoms with Gasteiger partial charge in [-0.2, -0.15) is 13.2 Å². The zero-order valence-electron chi connectivity index (χ0n) is 24.6. The molecule has 15 heteroatoms. The molecule has 45 heavy (non-hydrogen) atoms. The molecule has 242 valence electrons. The van der Waals surface area contributed by atoms with Crippen LogP contribution in [0.4, 0.5) is 18.0 Å². The number of amides is 2. The van der Waals surface area contributed by atoms with Crippen molar-refractivity contribution in [2.24, 2.45) is 11.3 Å². The zero-order valence-corrected chi connectivity index (χ0v) is 25.4. The van der Waals surface area contributed by atoms with Gasteiger partial charge >= 0.3 is 12.3 Å². The molecule has 1 aromatic carbocycles. The average molecular weight is 652 g/mol. The fourth-order valence-corrected chi connectivity index (χ4v) is 6.91. The van der Waals surface area contributed by atoms with E-state index >= 15 is 0 Å². The number of rotatable bonds is 5. The summed E-state index contributed by atoms with van der Waals surface area (Å²) in [6.07, 6.45) is -4.41. The van der Waals surface area contributed by atoms with E-state index in [-0.39, 0.29) is 68.7 Å². The maximum absolute atomic E-state index is 13.5. The summed E-state index contributed by atoms with van der Waals surface area (Å²) >= 11 is 6.55. The summed E-state index contributed by atoms with van der Waals surface area (Å²) in [6.45, 7) is 3.66. The number of carbonyl (C=O) groups is 2. The number of fused-ring (bicyclic) bond motifs is 1. The number of carbonyl (C=O) groups excluding carboxylic acids is 1. The van der Waals surface area contributed by atoms with Gasteiger partial charge < -0.3 is 19.8 Å². The maximum atomic E-state index is 13.5. The highest BCUT2D eigenvalue weighted by Crippen LogP contribution is 2.61. The molecule has 3 fully saturated rings. The molecule has 2 N–H and O–H groups in total. The van der Waals surface area contributed by atoms with Gasteiger partial charge in [-0.3, -0.25) is 23.6 Å². The molecular weight excluding hydrogens is 619 g/mol. The summed E-state index contributed by atoms with van der Waals surface area (Å²) in [4.78, 5) is 45.3. The average Bonchev–Trinajstić information content (AvgIpc) is 3.59. The minimum Gasteiger partial charge on any atom is -0.465 e. The second kappa shape index (κ2) is 11.0. The second-order valence-corrected chi connectivity index (χ2v) is 13.0. The molecule has 2 aromatic heterocycles. The number of hydrogen-bond donors (Lipinski definition) is 2. The largest absolute Gasteiger partial charge is 0.465 e. The molecule has 0 spiro atoms. The van der Waals surface area contributed by atoms with Gasteiger partial charge in [0.15, 0.2) is 5.65 Å². The molecule has 3 aliphatic rings. The number of nitrogens with zero attached hydrogens (tertiary/aromatic N) is 5. The third-order valence-electron chi connectivity index (χ3n) is 9.46. The number of hydrogen-bond acceptors (Lipinski definition) is 6. The quantitative estimate of drug-likeness (QED) is 0.423. The molecule has 3 aromatic rings. The van der Waals surface area contributed by atoms with Gasteiger partial charge in [0.2, 0.25) is 5.91 Å². The van der Waals surface area contributed by atoms with Crippen molar-refractivity contribution < 1.29 is 37.7 Å². The van der Waals surface area contributed by atoms with Crippen LogP contribution >= 0.6 is 11.6 Å². The minimum atomic E-state index is -4.42. The van der Waals surface area contributed by atoms with Crippen LogP contribution in [0.15, 0.2) is 41.5 Å². The smallest absolute Gasteiger partial charge is 0.407 e. The zero-order chi connectivity index (χ0) is 32.5. The van der Waals surface area contributed by atoms with E-state index in [9.17, 15) is 37.8 Å². The van der Waals surface area contributed by atoms with Gasteiger partial charge in [-0.15, -0.1) is 0 Å². The van der Waals surface area contributed by atoms with E-state index in [0.717, 1.165) is 5.56 Å². The highest BCUT2D eigenvalue weighted by atomic mass is 35.5. The van der Waals surface area contributed by atoms with Gasteiger partial charge in [-0.1, -0.05) is 30.7 Å². The Morgan fingerprint density at radius 1 is 1.18 bits per heavy atom. The molecule has 2 amide bonds. The molecule has 11 nitrogen and oxygen atoms in total. The number of aliphatic hydroxyl groups is 1. The molecule has 0 radical (unpaired) electrons. The molecule has 0 unspecified atom stereocenters. The highest BCUT2D eigenvalue weighted by Gasteiger charge is 2.68. The fraction of sp³-hybridized carbons (Fsp3) is 0.533. The first-order valence-electron chi connectivity index (χ1n) is 14.7. The van der Waals surface area contributed by atoms with Gasteiger partial charge in [-0.25, -0.2) is 9.78 Å². The third kappa shape index (κ3) is 5.67. The van der Waals surface area contributed by atoms with E-state index in [0.29, 0.717) is 11.3 Å². The second-order valence-electron chi connectivity index (χ2n) is 12.6. The van der Waals surface area contributed by atoms with Crippen molar-refractivity contribution in [2.45, 2.75) is 63.6 Å². The third-order valence-corrected chi connectivity index (χ3v) is 9.74. The Morgan fingerprint density at radius 2 is 1.84 bits per heavy atom. The van der Waals surface area contributed by atoms with Gasteiger partial charge in [0, 0.05) is 18.8 Å². The summed E-state index contributed by atoms with van der Waals surface area (Å²) in [6, 6.07) is 8.07. The Bertz CT molecular complexity index is 1700. The molecule has 2 saturated heterocycles. The van der Waals surface area contributed by atoms with E-state index < -0.39 is 46.7 Å². The number of aromatic nitrogens is 3. The fourth-order valence-electron chi connectivity index (χ4n) is 6.62.